The normalized spacial score (nSPS) is 16.4. The molecule has 4 nitrogen and oxygen atoms in total. The molecular weight excluding hydrogens is 366 g/mol. The first-order valence-corrected chi connectivity index (χ1v) is 10.8. The Morgan fingerprint density at radius 2 is 1.82 bits per heavy atom. The van der Waals surface area contributed by atoms with Crippen molar-refractivity contribution in [2.45, 2.75) is 19.5 Å². The zero-order chi connectivity index (χ0) is 19.3. The molecule has 1 saturated heterocycles. The molecule has 0 bridgehead atoms. The molecule has 2 heterocycles. The van der Waals surface area contributed by atoms with E-state index in [1.807, 2.05) is 4.90 Å². The molecule has 0 radical (unpaired) electrons. The van der Waals surface area contributed by atoms with Crippen molar-refractivity contribution in [3.8, 4) is 0 Å². The number of hydrogen-bond donors (Lipinski definition) is 1. The number of carbonyl (C=O) groups excluding carboxylic acids is 1. The van der Waals surface area contributed by atoms with Crippen molar-refractivity contribution in [2.75, 3.05) is 32.7 Å². The van der Waals surface area contributed by atoms with E-state index in [1.165, 1.54) is 21.2 Å². The van der Waals surface area contributed by atoms with E-state index >= 15 is 0 Å². The summed E-state index contributed by atoms with van der Waals surface area (Å²) >= 11 is 1.73. The van der Waals surface area contributed by atoms with Crippen molar-refractivity contribution in [1.82, 2.24) is 15.1 Å². The Kier molecular flexibility index (Phi) is 6.05. The van der Waals surface area contributed by atoms with Gasteiger partial charge in [0.15, 0.2) is 0 Å². The molecule has 1 N–H and O–H groups in total. The number of fused-ring (bicyclic) bond motifs is 1. The van der Waals surface area contributed by atoms with Crippen LogP contribution in [0.1, 0.15) is 23.4 Å². The maximum absolute atomic E-state index is 12.6. The number of piperazine rings is 1. The molecule has 1 aliphatic rings. The lowest BCUT2D eigenvalue weighted by molar-refractivity contribution is -0.132. The number of benzene rings is 2. The minimum absolute atomic E-state index is 0.202. The Bertz CT molecular complexity index is 911. The van der Waals surface area contributed by atoms with Gasteiger partial charge in [0.05, 0.1) is 6.54 Å². The zero-order valence-electron chi connectivity index (χ0n) is 16.3. The minimum atomic E-state index is 0.202. The molecule has 0 saturated carbocycles. The van der Waals surface area contributed by atoms with E-state index in [2.05, 4.69) is 77.1 Å². The Balaban J connectivity index is 1.28. The smallest absolute Gasteiger partial charge is 0.236 e. The third-order valence-corrected chi connectivity index (χ3v) is 6.58. The first-order chi connectivity index (χ1) is 13.7. The summed E-state index contributed by atoms with van der Waals surface area (Å²) in [5.41, 5.74) is 1.37. The average molecular weight is 394 g/mol. The number of hydrogen-bond acceptors (Lipinski definition) is 4. The third-order valence-electron chi connectivity index (χ3n) is 5.53. The minimum Gasteiger partial charge on any atom is -0.339 e. The summed E-state index contributed by atoms with van der Waals surface area (Å²) < 4.78 is 0. The van der Waals surface area contributed by atoms with Gasteiger partial charge in [-0.3, -0.25) is 9.69 Å². The van der Waals surface area contributed by atoms with E-state index in [0.717, 1.165) is 32.7 Å². The van der Waals surface area contributed by atoms with E-state index in [4.69, 9.17) is 0 Å². The van der Waals surface area contributed by atoms with Crippen molar-refractivity contribution in [3.63, 3.8) is 0 Å². The fourth-order valence-electron chi connectivity index (χ4n) is 3.82. The second-order valence-corrected chi connectivity index (χ2v) is 8.39. The highest BCUT2D eigenvalue weighted by Gasteiger charge is 2.21. The Labute approximate surface area is 170 Å². The molecule has 1 aromatic heterocycles. The number of nitrogens with zero attached hydrogens (tertiary/aromatic N) is 2. The largest absolute Gasteiger partial charge is 0.339 e. The standard InChI is InChI=1S/C23H27N3OS/c1-18(22-10-5-15-28-22)24-16-23(27)26-13-11-25(12-14-26)17-20-8-4-7-19-6-2-3-9-21(19)20/h2-10,15,18,24H,11-14,16-17H2,1H3. The van der Waals surface area contributed by atoms with Crippen LogP contribution in [0.25, 0.3) is 10.8 Å². The Morgan fingerprint density at radius 1 is 1.04 bits per heavy atom. The lowest BCUT2D eigenvalue weighted by Gasteiger charge is -2.35. The molecule has 0 spiro atoms. The van der Waals surface area contributed by atoms with Gasteiger partial charge in [-0.15, -0.1) is 11.3 Å². The highest BCUT2D eigenvalue weighted by molar-refractivity contribution is 7.10. The SMILES string of the molecule is CC(NCC(=O)N1CCN(Cc2cccc3ccccc23)CC1)c1cccs1. The molecule has 0 aliphatic carbocycles. The first kappa shape index (κ1) is 19.1. The summed E-state index contributed by atoms with van der Waals surface area (Å²) in [6.07, 6.45) is 0. The highest BCUT2D eigenvalue weighted by atomic mass is 32.1. The Morgan fingerprint density at radius 3 is 2.61 bits per heavy atom. The van der Waals surface area contributed by atoms with E-state index < -0.39 is 0 Å². The van der Waals surface area contributed by atoms with E-state index in [9.17, 15) is 4.79 Å². The molecule has 146 valence electrons. The summed E-state index contributed by atoms with van der Waals surface area (Å²) in [5.74, 6) is 0.202. The predicted molar refractivity (Wildman–Crippen MR) is 117 cm³/mol. The van der Waals surface area contributed by atoms with Crippen molar-refractivity contribution in [1.29, 1.82) is 0 Å². The van der Waals surface area contributed by atoms with E-state index in [1.54, 1.807) is 11.3 Å². The van der Waals surface area contributed by atoms with Gasteiger partial charge in [0.2, 0.25) is 5.91 Å². The predicted octanol–water partition coefficient (Wildman–Crippen LogP) is 3.90. The van der Waals surface area contributed by atoms with Crippen LogP contribution in [0.5, 0.6) is 0 Å². The van der Waals surface area contributed by atoms with Gasteiger partial charge >= 0.3 is 0 Å². The van der Waals surface area contributed by atoms with Crippen LogP contribution in [0, 0.1) is 0 Å². The zero-order valence-corrected chi connectivity index (χ0v) is 17.1. The molecule has 3 aromatic rings. The molecule has 28 heavy (non-hydrogen) atoms. The molecule has 1 amide bonds. The molecular formula is C23H27N3OS. The molecule has 1 atom stereocenters. The van der Waals surface area contributed by atoms with Crippen LogP contribution in [-0.2, 0) is 11.3 Å². The first-order valence-electron chi connectivity index (χ1n) is 9.94. The second kappa shape index (κ2) is 8.86. The topological polar surface area (TPSA) is 35.6 Å². The number of nitrogens with one attached hydrogen (secondary N) is 1. The van der Waals surface area contributed by atoms with Crippen molar-refractivity contribution >= 4 is 28.0 Å². The number of carbonyl (C=O) groups is 1. The Hall–Kier alpha value is -2.21. The molecule has 2 aromatic carbocycles. The van der Waals surface area contributed by atoms with Crippen molar-refractivity contribution < 1.29 is 4.79 Å². The average Bonchev–Trinajstić information content (AvgIpc) is 3.28. The van der Waals surface area contributed by atoms with Crippen LogP contribution in [0.2, 0.25) is 0 Å². The van der Waals surface area contributed by atoms with Crippen LogP contribution in [0.3, 0.4) is 0 Å². The summed E-state index contributed by atoms with van der Waals surface area (Å²) in [7, 11) is 0. The van der Waals surface area contributed by atoms with Gasteiger partial charge in [-0.25, -0.2) is 0 Å². The van der Waals surface area contributed by atoms with Crippen LogP contribution in [0.15, 0.2) is 60.0 Å². The number of rotatable bonds is 6. The third kappa shape index (κ3) is 4.43. The highest BCUT2D eigenvalue weighted by Crippen LogP contribution is 2.21. The van der Waals surface area contributed by atoms with Gasteiger partial charge in [0.25, 0.3) is 0 Å². The van der Waals surface area contributed by atoms with Gasteiger partial charge in [-0.2, -0.15) is 0 Å². The maximum atomic E-state index is 12.6. The molecule has 1 unspecified atom stereocenters. The fourth-order valence-corrected chi connectivity index (χ4v) is 4.58. The lowest BCUT2D eigenvalue weighted by atomic mass is 10.0. The molecule has 5 heteroatoms. The lowest BCUT2D eigenvalue weighted by Crippen LogP contribution is -2.50. The second-order valence-electron chi connectivity index (χ2n) is 7.41. The van der Waals surface area contributed by atoms with Gasteiger partial charge < -0.3 is 10.2 Å². The summed E-state index contributed by atoms with van der Waals surface area (Å²) in [4.78, 5) is 18.3. The van der Waals surface area contributed by atoms with E-state index in [-0.39, 0.29) is 11.9 Å². The van der Waals surface area contributed by atoms with Crippen LogP contribution in [-0.4, -0.2) is 48.4 Å². The monoisotopic (exact) mass is 393 g/mol. The van der Waals surface area contributed by atoms with Gasteiger partial charge in [0, 0.05) is 43.6 Å². The molecule has 4 rings (SSSR count). The van der Waals surface area contributed by atoms with Crippen LogP contribution in [0.4, 0.5) is 0 Å². The molecule has 1 aliphatic heterocycles. The molecule has 1 fully saturated rings. The van der Waals surface area contributed by atoms with Gasteiger partial charge in [-0.1, -0.05) is 48.5 Å². The quantitative estimate of drug-likeness (QED) is 0.690. The maximum Gasteiger partial charge on any atom is 0.236 e. The van der Waals surface area contributed by atoms with Crippen LogP contribution >= 0.6 is 11.3 Å². The van der Waals surface area contributed by atoms with Crippen molar-refractivity contribution in [3.05, 3.63) is 70.4 Å². The van der Waals surface area contributed by atoms with E-state index in [0.29, 0.717) is 6.54 Å². The van der Waals surface area contributed by atoms with Gasteiger partial charge in [0.1, 0.15) is 0 Å². The number of amides is 1. The summed E-state index contributed by atoms with van der Waals surface area (Å²) in [6.45, 7) is 6.92. The summed E-state index contributed by atoms with van der Waals surface area (Å²) in [6, 6.07) is 19.5. The van der Waals surface area contributed by atoms with Crippen LogP contribution < -0.4 is 5.32 Å². The number of thiophene rings is 1. The van der Waals surface area contributed by atoms with Crippen molar-refractivity contribution in [2.24, 2.45) is 0 Å². The summed E-state index contributed by atoms with van der Waals surface area (Å²) in [5, 5.41) is 8.05. The fraction of sp³-hybridized carbons (Fsp3) is 0.348. The van der Waals surface area contributed by atoms with Gasteiger partial charge in [-0.05, 0) is 34.7 Å².